The van der Waals surface area contributed by atoms with Crippen LogP contribution in [0.15, 0.2) is 24.3 Å². The molecule has 108 valence electrons. The second-order valence-corrected chi connectivity index (χ2v) is 5.13. The SMILES string of the molecule is CCN(CC)CC(O)CN[C@H](C)c1ccccc1C. The predicted octanol–water partition coefficient (Wildman–Crippen LogP) is 2.35. The van der Waals surface area contributed by atoms with Gasteiger partial charge in [-0.3, -0.25) is 0 Å². The number of nitrogens with zero attached hydrogens (tertiary/aromatic N) is 1. The van der Waals surface area contributed by atoms with Gasteiger partial charge in [-0.2, -0.15) is 0 Å². The molecule has 2 N–H and O–H groups in total. The van der Waals surface area contributed by atoms with Crippen LogP contribution in [0.5, 0.6) is 0 Å². The van der Waals surface area contributed by atoms with Crippen molar-refractivity contribution in [1.82, 2.24) is 10.2 Å². The fourth-order valence-corrected chi connectivity index (χ4v) is 2.34. The van der Waals surface area contributed by atoms with Gasteiger partial charge in [0.25, 0.3) is 0 Å². The average molecular weight is 264 g/mol. The van der Waals surface area contributed by atoms with E-state index >= 15 is 0 Å². The molecule has 0 fully saturated rings. The molecule has 19 heavy (non-hydrogen) atoms. The first kappa shape index (κ1) is 16.2. The second kappa shape index (κ2) is 8.31. The third-order valence-electron chi connectivity index (χ3n) is 3.68. The quantitative estimate of drug-likeness (QED) is 0.756. The molecule has 0 bridgehead atoms. The van der Waals surface area contributed by atoms with Crippen molar-refractivity contribution >= 4 is 0 Å². The Bertz CT molecular complexity index is 364. The monoisotopic (exact) mass is 264 g/mol. The van der Waals surface area contributed by atoms with Gasteiger partial charge in [0.2, 0.25) is 0 Å². The van der Waals surface area contributed by atoms with E-state index in [2.05, 4.69) is 62.2 Å². The van der Waals surface area contributed by atoms with Crippen molar-refractivity contribution in [3.05, 3.63) is 35.4 Å². The van der Waals surface area contributed by atoms with Crippen LogP contribution in [-0.4, -0.2) is 42.3 Å². The first-order valence-electron chi connectivity index (χ1n) is 7.27. The molecular formula is C16H28N2O. The summed E-state index contributed by atoms with van der Waals surface area (Å²) in [6.45, 7) is 11.9. The minimum Gasteiger partial charge on any atom is -0.390 e. The second-order valence-electron chi connectivity index (χ2n) is 5.13. The van der Waals surface area contributed by atoms with Gasteiger partial charge >= 0.3 is 0 Å². The number of aliphatic hydroxyl groups excluding tert-OH is 1. The van der Waals surface area contributed by atoms with E-state index in [1.807, 2.05) is 0 Å². The lowest BCUT2D eigenvalue weighted by Gasteiger charge is -2.24. The largest absolute Gasteiger partial charge is 0.390 e. The number of nitrogens with one attached hydrogen (secondary N) is 1. The van der Waals surface area contributed by atoms with Gasteiger partial charge in [-0.05, 0) is 38.1 Å². The molecule has 0 aromatic heterocycles. The van der Waals surface area contributed by atoms with Crippen LogP contribution in [0.1, 0.15) is 37.9 Å². The van der Waals surface area contributed by atoms with E-state index in [4.69, 9.17) is 0 Å². The van der Waals surface area contributed by atoms with Crippen LogP contribution >= 0.6 is 0 Å². The maximum absolute atomic E-state index is 10.0. The number of hydrogen-bond donors (Lipinski definition) is 2. The number of hydrogen-bond acceptors (Lipinski definition) is 3. The molecule has 1 unspecified atom stereocenters. The van der Waals surface area contributed by atoms with Gasteiger partial charge in [0.05, 0.1) is 6.10 Å². The van der Waals surface area contributed by atoms with Crippen molar-refractivity contribution in [1.29, 1.82) is 0 Å². The Hall–Kier alpha value is -0.900. The van der Waals surface area contributed by atoms with Gasteiger partial charge in [0.15, 0.2) is 0 Å². The molecule has 2 atom stereocenters. The van der Waals surface area contributed by atoms with Gasteiger partial charge in [0, 0.05) is 19.1 Å². The Balaban J connectivity index is 2.42. The van der Waals surface area contributed by atoms with Crippen LogP contribution in [0.2, 0.25) is 0 Å². The highest BCUT2D eigenvalue weighted by Crippen LogP contribution is 2.16. The van der Waals surface area contributed by atoms with Crippen LogP contribution in [0.3, 0.4) is 0 Å². The van der Waals surface area contributed by atoms with E-state index in [0.717, 1.165) is 19.6 Å². The summed E-state index contributed by atoms with van der Waals surface area (Å²) in [5.74, 6) is 0. The van der Waals surface area contributed by atoms with Crippen molar-refractivity contribution in [2.75, 3.05) is 26.2 Å². The van der Waals surface area contributed by atoms with E-state index in [0.29, 0.717) is 6.54 Å². The molecule has 1 aromatic carbocycles. The maximum Gasteiger partial charge on any atom is 0.0791 e. The van der Waals surface area contributed by atoms with Crippen LogP contribution in [0.25, 0.3) is 0 Å². The maximum atomic E-state index is 10.0. The summed E-state index contributed by atoms with van der Waals surface area (Å²) < 4.78 is 0. The summed E-state index contributed by atoms with van der Waals surface area (Å²) in [5.41, 5.74) is 2.60. The molecule has 0 aliphatic rings. The number of aliphatic hydroxyl groups is 1. The molecule has 3 nitrogen and oxygen atoms in total. The van der Waals surface area contributed by atoms with Gasteiger partial charge in [-0.25, -0.2) is 0 Å². The van der Waals surface area contributed by atoms with Crippen LogP contribution < -0.4 is 5.32 Å². The van der Waals surface area contributed by atoms with Crippen LogP contribution in [0.4, 0.5) is 0 Å². The standard InChI is InChI=1S/C16H28N2O/c1-5-18(6-2)12-15(19)11-17-14(4)16-10-8-7-9-13(16)3/h7-10,14-15,17,19H,5-6,11-12H2,1-4H3/t14-,15?/m1/s1. The molecule has 0 aliphatic carbocycles. The number of aryl methyl sites for hydroxylation is 1. The number of likely N-dealkylation sites (N-methyl/N-ethyl adjacent to an activating group) is 1. The normalized spacial score (nSPS) is 14.6. The van der Waals surface area contributed by atoms with Gasteiger partial charge in [-0.1, -0.05) is 38.1 Å². The van der Waals surface area contributed by atoms with E-state index in [-0.39, 0.29) is 12.1 Å². The van der Waals surface area contributed by atoms with E-state index in [1.165, 1.54) is 11.1 Å². The summed E-state index contributed by atoms with van der Waals surface area (Å²) in [6.07, 6.45) is -0.314. The van der Waals surface area contributed by atoms with Gasteiger partial charge in [0.1, 0.15) is 0 Å². The molecule has 0 amide bonds. The minimum atomic E-state index is -0.314. The van der Waals surface area contributed by atoms with Crippen LogP contribution in [-0.2, 0) is 0 Å². The lowest BCUT2D eigenvalue weighted by atomic mass is 10.0. The molecular weight excluding hydrogens is 236 g/mol. The van der Waals surface area contributed by atoms with Crippen LogP contribution in [0, 0.1) is 6.92 Å². The fraction of sp³-hybridized carbons (Fsp3) is 0.625. The lowest BCUT2D eigenvalue weighted by Crippen LogP contribution is -2.39. The third-order valence-corrected chi connectivity index (χ3v) is 3.68. The summed E-state index contributed by atoms with van der Waals surface area (Å²) >= 11 is 0. The number of rotatable bonds is 8. The zero-order chi connectivity index (χ0) is 14.3. The Kier molecular flexibility index (Phi) is 7.06. The highest BCUT2D eigenvalue weighted by Gasteiger charge is 2.12. The third kappa shape index (κ3) is 5.31. The summed E-state index contributed by atoms with van der Waals surface area (Å²) in [4.78, 5) is 2.24. The Morgan fingerprint density at radius 2 is 1.84 bits per heavy atom. The lowest BCUT2D eigenvalue weighted by molar-refractivity contribution is 0.114. The summed E-state index contributed by atoms with van der Waals surface area (Å²) in [5, 5.41) is 13.5. The van der Waals surface area contributed by atoms with E-state index in [1.54, 1.807) is 0 Å². The Morgan fingerprint density at radius 3 is 2.42 bits per heavy atom. The first-order chi connectivity index (χ1) is 9.08. The van der Waals surface area contributed by atoms with Crippen molar-refractivity contribution in [2.45, 2.75) is 39.8 Å². The molecule has 0 heterocycles. The van der Waals surface area contributed by atoms with E-state index in [9.17, 15) is 5.11 Å². The van der Waals surface area contributed by atoms with Gasteiger partial charge in [-0.15, -0.1) is 0 Å². The molecule has 0 radical (unpaired) electrons. The Labute approximate surface area is 117 Å². The highest BCUT2D eigenvalue weighted by atomic mass is 16.3. The highest BCUT2D eigenvalue weighted by molar-refractivity contribution is 5.28. The molecule has 0 spiro atoms. The van der Waals surface area contributed by atoms with Crippen molar-refractivity contribution in [3.8, 4) is 0 Å². The zero-order valence-corrected chi connectivity index (χ0v) is 12.7. The Morgan fingerprint density at radius 1 is 1.21 bits per heavy atom. The topological polar surface area (TPSA) is 35.5 Å². The minimum absolute atomic E-state index is 0.271. The van der Waals surface area contributed by atoms with Crippen molar-refractivity contribution in [3.63, 3.8) is 0 Å². The van der Waals surface area contributed by atoms with Crippen molar-refractivity contribution in [2.24, 2.45) is 0 Å². The van der Waals surface area contributed by atoms with Crippen molar-refractivity contribution < 1.29 is 5.11 Å². The molecule has 0 saturated carbocycles. The predicted molar refractivity (Wildman–Crippen MR) is 81.4 cm³/mol. The summed E-state index contributed by atoms with van der Waals surface area (Å²) in [6, 6.07) is 8.66. The van der Waals surface area contributed by atoms with E-state index < -0.39 is 0 Å². The smallest absolute Gasteiger partial charge is 0.0791 e. The molecule has 3 heteroatoms. The van der Waals surface area contributed by atoms with Gasteiger partial charge < -0.3 is 15.3 Å². The molecule has 0 saturated heterocycles. The first-order valence-corrected chi connectivity index (χ1v) is 7.27. The average Bonchev–Trinajstić information content (AvgIpc) is 2.42. The number of benzene rings is 1. The zero-order valence-electron chi connectivity index (χ0n) is 12.7. The molecule has 0 aliphatic heterocycles. The molecule has 1 aromatic rings. The fourth-order valence-electron chi connectivity index (χ4n) is 2.34. The summed E-state index contributed by atoms with van der Waals surface area (Å²) in [7, 11) is 0. The molecule has 1 rings (SSSR count).